The number of hydrogen-bond donors (Lipinski definition) is 1. The van der Waals surface area contributed by atoms with Crippen molar-refractivity contribution in [2.45, 2.75) is 32.1 Å². The summed E-state index contributed by atoms with van der Waals surface area (Å²) in [5.41, 5.74) is 0.721. The third-order valence-electron chi connectivity index (χ3n) is 4.00. The van der Waals surface area contributed by atoms with Gasteiger partial charge in [-0.2, -0.15) is 0 Å². The minimum atomic E-state index is -0.772. The number of likely N-dealkylation sites (tertiary alicyclic amines) is 1. The summed E-state index contributed by atoms with van der Waals surface area (Å²) in [7, 11) is 1.58. The van der Waals surface area contributed by atoms with Gasteiger partial charge in [0.15, 0.2) is 0 Å². The van der Waals surface area contributed by atoms with Crippen LogP contribution in [0.25, 0.3) is 0 Å². The summed E-state index contributed by atoms with van der Waals surface area (Å²) in [4.78, 5) is 29.0. The minimum absolute atomic E-state index is 0.0534. The van der Waals surface area contributed by atoms with Gasteiger partial charge in [0.1, 0.15) is 5.75 Å². The van der Waals surface area contributed by atoms with Crippen LogP contribution in [-0.2, 0) is 16.0 Å². The van der Waals surface area contributed by atoms with Crippen LogP contribution < -0.4 is 4.74 Å². The molecule has 1 unspecified atom stereocenters. The van der Waals surface area contributed by atoms with E-state index in [9.17, 15) is 9.59 Å². The number of amides is 1. The van der Waals surface area contributed by atoms with Gasteiger partial charge in [-0.3, -0.25) is 14.6 Å². The van der Waals surface area contributed by atoms with Gasteiger partial charge < -0.3 is 14.7 Å². The second-order valence-electron chi connectivity index (χ2n) is 5.65. The molecule has 1 saturated heterocycles. The molecule has 22 heavy (non-hydrogen) atoms. The van der Waals surface area contributed by atoms with E-state index in [1.807, 2.05) is 4.90 Å². The average Bonchev–Trinajstić information content (AvgIpc) is 2.54. The Labute approximate surface area is 130 Å². The Morgan fingerprint density at radius 3 is 2.91 bits per heavy atom. The first-order valence-electron chi connectivity index (χ1n) is 7.57. The highest BCUT2D eigenvalue weighted by atomic mass is 16.5. The minimum Gasteiger partial charge on any atom is -0.495 e. The molecule has 1 atom stereocenters. The second kappa shape index (κ2) is 7.77. The van der Waals surface area contributed by atoms with Gasteiger partial charge >= 0.3 is 5.97 Å². The molecule has 1 aromatic rings. The molecule has 1 amide bonds. The number of aliphatic carboxylic acids is 1. The molecule has 1 N–H and O–H groups in total. The number of nitrogens with zero attached hydrogens (tertiary/aromatic N) is 2. The lowest BCUT2D eigenvalue weighted by Crippen LogP contribution is -2.40. The number of carbonyl (C=O) groups excluding carboxylic acids is 1. The lowest BCUT2D eigenvalue weighted by Gasteiger charge is -2.32. The third-order valence-corrected chi connectivity index (χ3v) is 4.00. The van der Waals surface area contributed by atoms with Crippen LogP contribution in [-0.4, -0.2) is 47.1 Å². The molecule has 1 aromatic heterocycles. The van der Waals surface area contributed by atoms with E-state index in [0.717, 1.165) is 25.1 Å². The van der Waals surface area contributed by atoms with Crippen LogP contribution in [0.1, 0.15) is 31.4 Å². The van der Waals surface area contributed by atoms with E-state index in [1.165, 1.54) is 0 Å². The van der Waals surface area contributed by atoms with Gasteiger partial charge in [0.25, 0.3) is 0 Å². The van der Waals surface area contributed by atoms with E-state index >= 15 is 0 Å². The standard InChI is InChI=1S/C16H22N2O4/c1-22-14-6-5-13(17-10-14)9-15(19)18-8-2-3-12(11-18)4-7-16(20)21/h5-6,10,12H,2-4,7-9,11H2,1H3,(H,20,21). The number of ether oxygens (including phenoxy) is 1. The Hall–Kier alpha value is -2.11. The van der Waals surface area contributed by atoms with Crippen molar-refractivity contribution in [1.29, 1.82) is 0 Å². The van der Waals surface area contributed by atoms with Gasteiger partial charge in [-0.1, -0.05) is 0 Å². The largest absolute Gasteiger partial charge is 0.495 e. The first-order valence-corrected chi connectivity index (χ1v) is 7.57. The maximum absolute atomic E-state index is 12.3. The number of pyridine rings is 1. The molecule has 0 aliphatic carbocycles. The normalized spacial score (nSPS) is 18.0. The van der Waals surface area contributed by atoms with Gasteiger partial charge in [-0.15, -0.1) is 0 Å². The zero-order chi connectivity index (χ0) is 15.9. The van der Waals surface area contributed by atoms with E-state index < -0.39 is 5.97 Å². The first kappa shape index (κ1) is 16.3. The number of methoxy groups -OCH3 is 1. The Morgan fingerprint density at radius 2 is 2.27 bits per heavy atom. The Morgan fingerprint density at radius 1 is 1.45 bits per heavy atom. The molecule has 0 radical (unpaired) electrons. The van der Waals surface area contributed by atoms with Crippen molar-refractivity contribution < 1.29 is 19.4 Å². The number of rotatable bonds is 6. The fourth-order valence-corrected chi connectivity index (χ4v) is 2.76. The molecule has 6 nitrogen and oxygen atoms in total. The molecule has 2 heterocycles. The number of aromatic nitrogens is 1. The molecule has 2 rings (SSSR count). The zero-order valence-corrected chi connectivity index (χ0v) is 12.8. The maximum atomic E-state index is 12.3. The molecule has 0 bridgehead atoms. The quantitative estimate of drug-likeness (QED) is 0.866. The van der Waals surface area contributed by atoms with Crippen LogP contribution >= 0.6 is 0 Å². The molecule has 6 heteroatoms. The van der Waals surface area contributed by atoms with Crippen molar-refractivity contribution in [3.63, 3.8) is 0 Å². The van der Waals surface area contributed by atoms with Crippen molar-refractivity contribution in [3.05, 3.63) is 24.0 Å². The molecule has 0 spiro atoms. The fraction of sp³-hybridized carbons (Fsp3) is 0.562. The number of carbonyl (C=O) groups is 2. The topological polar surface area (TPSA) is 79.7 Å². The predicted molar refractivity (Wildman–Crippen MR) is 80.7 cm³/mol. The molecule has 1 aliphatic heterocycles. The first-order chi connectivity index (χ1) is 10.6. The number of carboxylic acids is 1. The summed E-state index contributed by atoms with van der Waals surface area (Å²) in [5.74, 6) is 0.240. The average molecular weight is 306 g/mol. The van der Waals surface area contributed by atoms with E-state index in [1.54, 1.807) is 25.4 Å². The second-order valence-corrected chi connectivity index (χ2v) is 5.65. The summed E-state index contributed by atoms with van der Waals surface area (Å²) in [6, 6.07) is 3.59. The third kappa shape index (κ3) is 4.72. The molecule has 0 aromatic carbocycles. The van der Waals surface area contributed by atoms with E-state index in [-0.39, 0.29) is 24.7 Å². The van der Waals surface area contributed by atoms with Crippen LogP contribution in [0.2, 0.25) is 0 Å². The van der Waals surface area contributed by atoms with Crippen molar-refractivity contribution in [2.24, 2.45) is 5.92 Å². The molecule has 1 fully saturated rings. The monoisotopic (exact) mass is 306 g/mol. The molecular formula is C16H22N2O4. The van der Waals surface area contributed by atoms with Gasteiger partial charge in [0.2, 0.25) is 5.91 Å². The summed E-state index contributed by atoms with van der Waals surface area (Å²) in [6.45, 7) is 1.40. The Bertz CT molecular complexity index is 515. The van der Waals surface area contributed by atoms with Gasteiger partial charge in [-0.25, -0.2) is 0 Å². The molecular weight excluding hydrogens is 284 g/mol. The van der Waals surface area contributed by atoms with Crippen LogP contribution in [0, 0.1) is 5.92 Å². The van der Waals surface area contributed by atoms with Crippen LogP contribution in [0.5, 0.6) is 5.75 Å². The van der Waals surface area contributed by atoms with Crippen LogP contribution in [0.15, 0.2) is 18.3 Å². The highest BCUT2D eigenvalue weighted by Gasteiger charge is 2.24. The molecule has 1 aliphatic rings. The highest BCUT2D eigenvalue weighted by molar-refractivity contribution is 5.78. The Kier molecular flexibility index (Phi) is 5.75. The summed E-state index contributed by atoms with van der Waals surface area (Å²) < 4.78 is 5.04. The van der Waals surface area contributed by atoms with Crippen molar-refractivity contribution in [3.8, 4) is 5.75 Å². The highest BCUT2D eigenvalue weighted by Crippen LogP contribution is 2.21. The lowest BCUT2D eigenvalue weighted by molar-refractivity contribution is -0.137. The zero-order valence-electron chi connectivity index (χ0n) is 12.8. The summed E-state index contributed by atoms with van der Waals surface area (Å²) >= 11 is 0. The van der Waals surface area contributed by atoms with E-state index in [2.05, 4.69) is 4.98 Å². The number of carboxylic acid groups (broad SMARTS) is 1. The maximum Gasteiger partial charge on any atom is 0.303 e. The molecule has 0 saturated carbocycles. The SMILES string of the molecule is COc1ccc(CC(=O)N2CCCC(CCC(=O)O)C2)nc1. The van der Waals surface area contributed by atoms with Crippen molar-refractivity contribution >= 4 is 11.9 Å². The van der Waals surface area contributed by atoms with Crippen LogP contribution in [0.4, 0.5) is 0 Å². The van der Waals surface area contributed by atoms with E-state index in [0.29, 0.717) is 18.7 Å². The number of piperidine rings is 1. The van der Waals surface area contributed by atoms with Gasteiger partial charge in [-0.05, 0) is 37.3 Å². The smallest absolute Gasteiger partial charge is 0.303 e. The van der Waals surface area contributed by atoms with Gasteiger partial charge in [0, 0.05) is 25.2 Å². The Balaban J connectivity index is 1.86. The fourth-order valence-electron chi connectivity index (χ4n) is 2.76. The van der Waals surface area contributed by atoms with E-state index in [4.69, 9.17) is 9.84 Å². The number of hydrogen-bond acceptors (Lipinski definition) is 4. The predicted octanol–water partition coefficient (Wildman–Crippen LogP) is 1.74. The lowest BCUT2D eigenvalue weighted by atomic mass is 9.93. The summed E-state index contributed by atoms with van der Waals surface area (Å²) in [6.07, 6.45) is 4.63. The van der Waals surface area contributed by atoms with Gasteiger partial charge in [0.05, 0.1) is 19.7 Å². The molecule has 120 valence electrons. The van der Waals surface area contributed by atoms with Crippen molar-refractivity contribution in [1.82, 2.24) is 9.88 Å². The van der Waals surface area contributed by atoms with Crippen LogP contribution in [0.3, 0.4) is 0 Å². The van der Waals surface area contributed by atoms with Crippen molar-refractivity contribution in [2.75, 3.05) is 20.2 Å². The summed E-state index contributed by atoms with van der Waals surface area (Å²) in [5, 5.41) is 8.76.